The Morgan fingerprint density at radius 1 is 1.08 bits per heavy atom. The van der Waals surface area contributed by atoms with Crippen molar-refractivity contribution in [1.82, 2.24) is 10.6 Å². The Morgan fingerprint density at radius 2 is 1.72 bits per heavy atom. The molecule has 0 aliphatic heterocycles. The summed E-state index contributed by atoms with van der Waals surface area (Å²) in [5, 5.41) is 6.82. The third kappa shape index (κ3) is 5.60. The van der Waals surface area contributed by atoms with Gasteiger partial charge in [-0.25, -0.2) is 0 Å². The second-order valence-corrected chi connectivity index (χ2v) is 6.66. The van der Waals surface area contributed by atoms with E-state index in [9.17, 15) is 9.59 Å². The van der Waals surface area contributed by atoms with E-state index in [1.54, 1.807) is 0 Å². The van der Waals surface area contributed by atoms with Crippen molar-refractivity contribution >= 4 is 22.8 Å². The zero-order chi connectivity index (χ0) is 18.4. The van der Waals surface area contributed by atoms with Crippen LogP contribution in [0.4, 0.5) is 0 Å². The van der Waals surface area contributed by atoms with Crippen molar-refractivity contribution in [3.05, 3.63) is 36.1 Å². The summed E-state index contributed by atoms with van der Waals surface area (Å²) in [6.07, 6.45) is 0. The molecule has 3 N–H and O–H groups in total. The molecule has 2 rings (SSSR count). The van der Waals surface area contributed by atoms with Crippen LogP contribution in [-0.4, -0.2) is 37.5 Å². The van der Waals surface area contributed by atoms with Crippen LogP contribution in [0.3, 0.4) is 0 Å². The highest BCUT2D eigenvalue weighted by Crippen LogP contribution is 2.23. The number of fused-ring (bicyclic) bond motifs is 1. The lowest BCUT2D eigenvalue weighted by Crippen LogP contribution is -3.14. The van der Waals surface area contributed by atoms with Gasteiger partial charge in [0.2, 0.25) is 0 Å². The first kappa shape index (κ1) is 19.0. The normalized spacial score (nSPS) is 13.6. The summed E-state index contributed by atoms with van der Waals surface area (Å²) in [6, 6.07) is 9.59. The van der Waals surface area contributed by atoms with Crippen LogP contribution in [0.25, 0.3) is 11.0 Å². The molecule has 0 radical (unpaired) electrons. The van der Waals surface area contributed by atoms with Crippen molar-refractivity contribution in [3.63, 3.8) is 0 Å². The molecule has 6 nitrogen and oxygen atoms in total. The maximum absolute atomic E-state index is 12.3. The molecule has 0 aliphatic rings. The number of amides is 2. The molecule has 1 unspecified atom stereocenters. The highest BCUT2D eigenvalue weighted by molar-refractivity contribution is 5.80. The Bertz CT molecular complexity index is 691. The van der Waals surface area contributed by atoms with E-state index in [4.69, 9.17) is 4.42 Å². The first-order chi connectivity index (χ1) is 11.9. The molecule has 2 aromatic rings. The van der Waals surface area contributed by atoms with Crippen molar-refractivity contribution in [2.75, 3.05) is 19.6 Å². The summed E-state index contributed by atoms with van der Waals surface area (Å²) in [5.41, 5.74) is 0.810. The molecule has 1 heterocycles. The lowest BCUT2D eigenvalue weighted by molar-refractivity contribution is -0.881. The molecule has 1 aromatic heterocycles. The van der Waals surface area contributed by atoms with Crippen molar-refractivity contribution in [2.45, 2.75) is 39.8 Å². The van der Waals surface area contributed by atoms with Crippen LogP contribution >= 0.6 is 0 Å². The number of hydrogen-bond donors (Lipinski definition) is 3. The van der Waals surface area contributed by atoms with Crippen molar-refractivity contribution in [3.8, 4) is 0 Å². The minimum atomic E-state index is -0.220. The molecule has 2 amide bonds. The first-order valence-electron chi connectivity index (χ1n) is 8.79. The van der Waals surface area contributed by atoms with Gasteiger partial charge in [-0.05, 0) is 39.8 Å². The molecular weight excluding hydrogens is 318 g/mol. The molecule has 2 atom stereocenters. The number of quaternary nitrogens is 1. The lowest BCUT2D eigenvalue weighted by atomic mass is 10.2. The van der Waals surface area contributed by atoms with Gasteiger partial charge >= 0.3 is 0 Å². The molecule has 0 saturated carbocycles. The second-order valence-electron chi connectivity index (χ2n) is 6.66. The van der Waals surface area contributed by atoms with E-state index < -0.39 is 0 Å². The SMILES string of the molecule is CC[NH+](CC(=O)NC(C)C)CC(=O)N[C@@H](C)c1cc2ccccc2o1. The van der Waals surface area contributed by atoms with Gasteiger partial charge in [-0.15, -0.1) is 0 Å². The summed E-state index contributed by atoms with van der Waals surface area (Å²) in [6.45, 7) is 8.96. The number of para-hydroxylation sites is 1. The number of likely N-dealkylation sites (N-methyl/N-ethyl adjacent to an activating group) is 1. The molecule has 1 aromatic carbocycles. The summed E-state index contributed by atoms with van der Waals surface area (Å²) in [5.74, 6) is 0.595. The minimum Gasteiger partial charge on any atom is -0.459 e. The fourth-order valence-corrected chi connectivity index (χ4v) is 2.72. The Kier molecular flexibility index (Phi) is 6.58. The summed E-state index contributed by atoms with van der Waals surface area (Å²) >= 11 is 0. The van der Waals surface area contributed by atoms with Gasteiger partial charge in [0, 0.05) is 11.4 Å². The number of hydrogen-bond acceptors (Lipinski definition) is 3. The maximum atomic E-state index is 12.3. The Labute approximate surface area is 148 Å². The maximum Gasteiger partial charge on any atom is 0.275 e. The Hall–Kier alpha value is -2.34. The number of benzene rings is 1. The van der Waals surface area contributed by atoms with Gasteiger partial charge in [-0.1, -0.05) is 18.2 Å². The first-order valence-corrected chi connectivity index (χ1v) is 8.79. The van der Waals surface area contributed by atoms with E-state index in [1.807, 2.05) is 58.0 Å². The minimum absolute atomic E-state index is 0.0371. The summed E-state index contributed by atoms with van der Waals surface area (Å²) in [4.78, 5) is 25.1. The predicted molar refractivity (Wildman–Crippen MR) is 97.3 cm³/mol. The zero-order valence-electron chi connectivity index (χ0n) is 15.4. The average molecular weight is 346 g/mol. The highest BCUT2D eigenvalue weighted by Gasteiger charge is 2.20. The average Bonchev–Trinajstić information content (AvgIpc) is 2.97. The topological polar surface area (TPSA) is 75.8 Å². The third-order valence-electron chi connectivity index (χ3n) is 4.02. The van der Waals surface area contributed by atoms with Crippen LogP contribution in [0.5, 0.6) is 0 Å². The van der Waals surface area contributed by atoms with Gasteiger partial charge in [0.1, 0.15) is 11.3 Å². The number of nitrogens with one attached hydrogen (secondary N) is 3. The van der Waals surface area contributed by atoms with E-state index in [1.165, 1.54) is 0 Å². The van der Waals surface area contributed by atoms with E-state index in [0.29, 0.717) is 13.1 Å². The number of carbonyl (C=O) groups is 2. The zero-order valence-corrected chi connectivity index (χ0v) is 15.4. The van der Waals surface area contributed by atoms with Crippen LogP contribution in [0.1, 0.15) is 39.5 Å². The van der Waals surface area contributed by atoms with E-state index >= 15 is 0 Å². The standard InChI is InChI=1S/C19H27N3O3/c1-5-22(11-18(23)20-13(2)3)12-19(24)21-14(4)17-10-15-8-6-7-9-16(15)25-17/h6-10,13-14H,5,11-12H2,1-4H3,(H,20,23)(H,21,24)/p+1/t14-/m0/s1. The van der Waals surface area contributed by atoms with E-state index in [2.05, 4.69) is 10.6 Å². The van der Waals surface area contributed by atoms with Crippen molar-refractivity contribution in [2.24, 2.45) is 0 Å². The van der Waals surface area contributed by atoms with Gasteiger partial charge in [0.05, 0.1) is 12.6 Å². The molecule has 0 saturated heterocycles. The monoisotopic (exact) mass is 346 g/mol. The predicted octanol–water partition coefficient (Wildman–Crippen LogP) is 1.04. The fraction of sp³-hybridized carbons (Fsp3) is 0.474. The van der Waals surface area contributed by atoms with Crippen molar-refractivity contribution in [1.29, 1.82) is 0 Å². The van der Waals surface area contributed by atoms with Crippen LogP contribution < -0.4 is 15.5 Å². The quantitative estimate of drug-likeness (QED) is 0.668. The summed E-state index contributed by atoms with van der Waals surface area (Å²) < 4.78 is 5.78. The van der Waals surface area contributed by atoms with Crippen LogP contribution in [-0.2, 0) is 9.59 Å². The van der Waals surface area contributed by atoms with Gasteiger partial charge in [-0.3, -0.25) is 9.59 Å². The molecule has 6 heteroatoms. The Morgan fingerprint density at radius 3 is 2.32 bits per heavy atom. The molecule has 0 bridgehead atoms. The molecule has 0 aliphatic carbocycles. The lowest BCUT2D eigenvalue weighted by Gasteiger charge is -2.19. The van der Waals surface area contributed by atoms with E-state index in [-0.39, 0.29) is 30.4 Å². The van der Waals surface area contributed by atoms with Crippen LogP contribution in [0, 0.1) is 0 Å². The second kappa shape index (κ2) is 8.67. The number of rotatable bonds is 8. The molecule has 0 fully saturated rings. The molecule has 0 spiro atoms. The summed E-state index contributed by atoms with van der Waals surface area (Å²) in [7, 11) is 0. The molecule has 25 heavy (non-hydrogen) atoms. The van der Waals surface area contributed by atoms with Crippen LogP contribution in [0.2, 0.25) is 0 Å². The fourth-order valence-electron chi connectivity index (χ4n) is 2.72. The van der Waals surface area contributed by atoms with Gasteiger partial charge < -0.3 is 20.0 Å². The van der Waals surface area contributed by atoms with E-state index in [0.717, 1.165) is 21.6 Å². The van der Waals surface area contributed by atoms with Crippen LogP contribution in [0.15, 0.2) is 34.7 Å². The van der Waals surface area contributed by atoms with Gasteiger partial charge in [0.25, 0.3) is 11.8 Å². The Balaban J connectivity index is 1.90. The highest BCUT2D eigenvalue weighted by atomic mass is 16.3. The largest absolute Gasteiger partial charge is 0.459 e. The third-order valence-corrected chi connectivity index (χ3v) is 4.02. The smallest absolute Gasteiger partial charge is 0.275 e. The molecule has 136 valence electrons. The number of carbonyl (C=O) groups excluding carboxylic acids is 2. The van der Waals surface area contributed by atoms with Crippen molar-refractivity contribution < 1.29 is 18.9 Å². The van der Waals surface area contributed by atoms with Gasteiger partial charge in [0.15, 0.2) is 13.1 Å². The number of furan rings is 1. The molecular formula is C19H28N3O3+. The van der Waals surface area contributed by atoms with Gasteiger partial charge in [-0.2, -0.15) is 0 Å².